The van der Waals surface area contributed by atoms with Crippen LogP contribution in [0.1, 0.15) is 31.5 Å². The third-order valence-corrected chi connectivity index (χ3v) is 2.30. The molecule has 4 heteroatoms. The van der Waals surface area contributed by atoms with Gasteiger partial charge in [0.15, 0.2) is 5.82 Å². The summed E-state index contributed by atoms with van der Waals surface area (Å²) in [7, 11) is 0. The van der Waals surface area contributed by atoms with E-state index in [9.17, 15) is 4.79 Å². The second kappa shape index (κ2) is 2.80. The zero-order chi connectivity index (χ0) is 9.31. The molecule has 0 atom stereocenters. The van der Waals surface area contributed by atoms with E-state index in [0.29, 0.717) is 12.2 Å². The van der Waals surface area contributed by atoms with E-state index in [0.717, 1.165) is 18.7 Å². The molecule has 0 N–H and O–H groups in total. The van der Waals surface area contributed by atoms with E-state index < -0.39 is 0 Å². The zero-order valence-corrected chi connectivity index (χ0v) is 7.36. The van der Waals surface area contributed by atoms with Gasteiger partial charge in [-0.25, -0.2) is 0 Å². The fraction of sp³-hybridized carbons (Fsp3) is 0.444. The second-order valence-electron chi connectivity index (χ2n) is 3.51. The van der Waals surface area contributed by atoms with Crippen LogP contribution in [0.25, 0.3) is 6.08 Å². The number of hydrogen-bond acceptors (Lipinski definition) is 4. The topological polar surface area (TPSA) is 56.0 Å². The molecule has 0 saturated heterocycles. The number of aromatic nitrogens is 2. The lowest BCUT2D eigenvalue weighted by Crippen LogP contribution is -2.01. The molecule has 4 nitrogen and oxygen atoms in total. The summed E-state index contributed by atoms with van der Waals surface area (Å²) in [5, 5.41) is 3.85. The number of nitrogens with zero attached hydrogens (tertiary/aromatic N) is 2. The highest BCUT2D eigenvalue weighted by molar-refractivity contribution is 5.71. The Kier molecular flexibility index (Phi) is 1.76. The maximum absolute atomic E-state index is 10.0. The maximum atomic E-state index is 10.0. The molecule has 1 fully saturated rings. The van der Waals surface area contributed by atoms with Crippen LogP contribution in [0.2, 0.25) is 0 Å². The minimum absolute atomic E-state index is 0.122. The van der Waals surface area contributed by atoms with E-state index in [2.05, 4.69) is 17.1 Å². The van der Waals surface area contributed by atoms with E-state index >= 15 is 0 Å². The Hall–Kier alpha value is -1.45. The van der Waals surface area contributed by atoms with Crippen molar-refractivity contribution < 1.29 is 9.32 Å². The van der Waals surface area contributed by atoms with Crippen LogP contribution in [0, 0.1) is 0 Å². The fourth-order valence-electron chi connectivity index (χ4n) is 1.08. The number of hydrogen-bond donors (Lipinski definition) is 0. The number of rotatable bonds is 3. The standard InChI is InChI=1S/C9H10N2O2/c1-9(4-5-9)8-10-7(13-11-8)3-2-6-12/h2-3,6H,4-5H2,1H3/b3-2+. The predicted octanol–water partition coefficient (Wildman–Crippen LogP) is 1.33. The van der Waals surface area contributed by atoms with E-state index in [1.807, 2.05) is 0 Å². The molecule has 1 aromatic rings. The molecule has 0 spiro atoms. The molecule has 2 rings (SSSR count). The van der Waals surface area contributed by atoms with Gasteiger partial charge in [-0.2, -0.15) is 4.98 Å². The molecule has 0 bridgehead atoms. The van der Waals surface area contributed by atoms with Crippen LogP contribution < -0.4 is 0 Å². The third kappa shape index (κ3) is 1.52. The third-order valence-electron chi connectivity index (χ3n) is 2.30. The summed E-state index contributed by atoms with van der Waals surface area (Å²) in [5.74, 6) is 1.15. The Morgan fingerprint density at radius 3 is 2.92 bits per heavy atom. The summed E-state index contributed by atoms with van der Waals surface area (Å²) in [4.78, 5) is 14.2. The van der Waals surface area contributed by atoms with E-state index in [1.54, 1.807) is 0 Å². The lowest BCUT2D eigenvalue weighted by Gasteiger charge is -1.96. The number of carbonyl (C=O) groups excluding carboxylic acids is 1. The van der Waals surface area contributed by atoms with Crippen molar-refractivity contribution in [2.75, 3.05) is 0 Å². The molecule has 1 aliphatic carbocycles. The van der Waals surface area contributed by atoms with Crippen molar-refractivity contribution in [1.29, 1.82) is 0 Å². The monoisotopic (exact) mass is 178 g/mol. The first-order chi connectivity index (χ1) is 6.24. The molecule has 0 amide bonds. The van der Waals surface area contributed by atoms with Gasteiger partial charge in [-0.15, -0.1) is 0 Å². The van der Waals surface area contributed by atoms with Gasteiger partial charge in [-0.3, -0.25) is 4.79 Å². The first-order valence-electron chi connectivity index (χ1n) is 4.21. The minimum Gasteiger partial charge on any atom is -0.335 e. The molecular formula is C9H10N2O2. The first-order valence-corrected chi connectivity index (χ1v) is 4.21. The van der Waals surface area contributed by atoms with E-state index in [4.69, 9.17) is 4.52 Å². The highest BCUT2D eigenvalue weighted by atomic mass is 16.5. The van der Waals surface area contributed by atoms with Crippen molar-refractivity contribution >= 4 is 12.4 Å². The van der Waals surface area contributed by atoms with E-state index in [1.165, 1.54) is 12.2 Å². The molecule has 0 unspecified atom stereocenters. The summed E-state index contributed by atoms with van der Waals surface area (Å²) in [6, 6.07) is 0. The lowest BCUT2D eigenvalue weighted by atomic mass is 10.1. The van der Waals surface area contributed by atoms with Gasteiger partial charge < -0.3 is 4.52 Å². The average molecular weight is 178 g/mol. The van der Waals surface area contributed by atoms with Crippen molar-refractivity contribution in [3.63, 3.8) is 0 Å². The normalized spacial score (nSPS) is 19.2. The van der Waals surface area contributed by atoms with Gasteiger partial charge in [0.25, 0.3) is 5.89 Å². The maximum Gasteiger partial charge on any atom is 0.250 e. The Balaban J connectivity index is 2.18. The van der Waals surface area contributed by atoms with Gasteiger partial charge in [0.2, 0.25) is 0 Å². The summed E-state index contributed by atoms with van der Waals surface area (Å²) in [6.45, 7) is 2.10. The average Bonchev–Trinajstić information content (AvgIpc) is 2.69. The SMILES string of the molecule is CC1(c2noc(/C=C/C=O)n2)CC1. The molecule has 0 radical (unpaired) electrons. The lowest BCUT2D eigenvalue weighted by molar-refractivity contribution is -0.104. The Morgan fingerprint density at radius 1 is 1.54 bits per heavy atom. The Morgan fingerprint density at radius 2 is 2.31 bits per heavy atom. The quantitative estimate of drug-likeness (QED) is 0.517. The molecular weight excluding hydrogens is 168 g/mol. The van der Waals surface area contributed by atoms with Gasteiger partial charge >= 0.3 is 0 Å². The van der Waals surface area contributed by atoms with Crippen LogP contribution >= 0.6 is 0 Å². The first kappa shape index (κ1) is 8.16. The van der Waals surface area contributed by atoms with Crippen LogP contribution in [-0.2, 0) is 10.2 Å². The highest BCUT2D eigenvalue weighted by Gasteiger charge is 2.43. The van der Waals surface area contributed by atoms with Crippen LogP contribution in [0.3, 0.4) is 0 Å². The number of carbonyl (C=O) groups is 1. The van der Waals surface area contributed by atoms with Gasteiger partial charge in [0.05, 0.1) is 0 Å². The molecule has 1 aliphatic rings. The zero-order valence-electron chi connectivity index (χ0n) is 7.36. The molecule has 1 aromatic heterocycles. The smallest absolute Gasteiger partial charge is 0.250 e. The molecule has 13 heavy (non-hydrogen) atoms. The summed E-state index contributed by atoms with van der Waals surface area (Å²) in [6.07, 6.45) is 5.76. The molecule has 0 aliphatic heterocycles. The van der Waals surface area contributed by atoms with Crippen LogP contribution in [0.4, 0.5) is 0 Å². The molecule has 1 saturated carbocycles. The summed E-state index contributed by atoms with van der Waals surface area (Å²) >= 11 is 0. The largest absolute Gasteiger partial charge is 0.335 e. The van der Waals surface area contributed by atoms with Crippen LogP contribution in [-0.4, -0.2) is 16.4 Å². The van der Waals surface area contributed by atoms with Gasteiger partial charge in [-0.05, 0) is 18.9 Å². The van der Waals surface area contributed by atoms with E-state index in [-0.39, 0.29) is 5.41 Å². The molecule has 0 aromatic carbocycles. The minimum atomic E-state index is 0.122. The summed E-state index contributed by atoms with van der Waals surface area (Å²) < 4.78 is 4.93. The Bertz CT molecular complexity index is 350. The number of allylic oxidation sites excluding steroid dienone is 1. The van der Waals surface area contributed by atoms with Crippen molar-refractivity contribution in [3.8, 4) is 0 Å². The van der Waals surface area contributed by atoms with Gasteiger partial charge in [-0.1, -0.05) is 12.1 Å². The van der Waals surface area contributed by atoms with Crippen LogP contribution in [0.15, 0.2) is 10.6 Å². The highest BCUT2D eigenvalue weighted by Crippen LogP contribution is 2.45. The second-order valence-corrected chi connectivity index (χ2v) is 3.51. The van der Waals surface area contributed by atoms with Gasteiger partial charge in [0.1, 0.15) is 6.29 Å². The summed E-state index contributed by atoms with van der Waals surface area (Å²) in [5.41, 5.74) is 0.122. The van der Waals surface area contributed by atoms with Crippen molar-refractivity contribution in [2.24, 2.45) is 0 Å². The van der Waals surface area contributed by atoms with Crippen molar-refractivity contribution in [3.05, 3.63) is 17.8 Å². The van der Waals surface area contributed by atoms with Crippen molar-refractivity contribution in [1.82, 2.24) is 10.1 Å². The molecule has 68 valence electrons. The Labute approximate surface area is 75.6 Å². The molecule has 1 heterocycles. The predicted molar refractivity (Wildman–Crippen MR) is 46.0 cm³/mol. The van der Waals surface area contributed by atoms with Crippen molar-refractivity contribution in [2.45, 2.75) is 25.2 Å². The fourth-order valence-corrected chi connectivity index (χ4v) is 1.08. The van der Waals surface area contributed by atoms with Gasteiger partial charge in [0, 0.05) is 11.5 Å². The number of aldehydes is 1. The van der Waals surface area contributed by atoms with Crippen LogP contribution in [0.5, 0.6) is 0 Å².